The number of pyridine rings is 2. The molecule has 0 saturated heterocycles. The Balaban J connectivity index is 0.000000426. The zero-order chi connectivity index (χ0) is 27.1. The third kappa shape index (κ3) is 6.78. The summed E-state index contributed by atoms with van der Waals surface area (Å²) in [5.41, 5.74) is 3.31. The van der Waals surface area contributed by atoms with Gasteiger partial charge in [-0.05, 0) is 43.2 Å². The number of carbonyl (C=O) groups is 2. The monoisotopic (exact) mass is 527 g/mol. The van der Waals surface area contributed by atoms with Gasteiger partial charge in [0.05, 0.1) is 17.8 Å². The van der Waals surface area contributed by atoms with Crippen molar-refractivity contribution >= 4 is 17.4 Å². The highest BCUT2D eigenvalue weighted by Crippen LogP contribution is 2.24. The number of hydrogen-bond acceptors (Lipinski definition) is 4. The molecule has 4 aromatic rings. The van der Waals surface area contributed by atoms with Gasteiger partial charge in [-0.3, -0.25) is 14.2 Å². The van der Waals surface area contributed by atoms with Crippen molar-refractivity contribution in [3.05, 3.63) is 78.6 Å². The van der Waals surface area contributed by atoms with Crippen molar-refractivity contribution in [1.82, 2.24) is 24.3 Å². The molecule has 2 N–H and O–H groups in total. The predicted molar refractivity (Wildman–Crippen MR) is 135 cm³/mol. The first kappa shape index (κ1) is 26.9. The summed E-state index contributed by atoms with van der Waals surface area (Å²) in [6.07, 6.45) is 9.79. The molecule has 0 spiro atoms. The summed E-state index contributed by atoms with van der Waals surface area (Å²) in [5, 5.41) is 10.4. The van der Waals surface area contributed by atoms with E-state index in [1.165, 1.54) is 25.7 Å². The van der Waals surface area contributed by atoms with Crippen LogP contribution in [0.4, 0.5) is 13.2 Å². The van der Waals surface area contributed by atoms with E-state index in [0.717, 1.165) is 35.4 Å². The Morgan fingerprint density at radius 3 is 2.37 bits per heavy atom. The average molecular weight is 528 g/mol. The van der Waals surface area contributed by atoms with Crippen LogP contribution >= 0.6 is 0 Å². The number of carbonyl (C=O) groups excluding carboxylic acids is 1. The number of hydrogen-bond donors (Lipinski definition) is 2. The van der Waals surface area contributed by atoms with Gasteiger partial charge in [0.15, 0.2) is 5.69 Å². The topological polar surface area (TPSA) is 102 Å². The second kappa shape index (κ2) is 11.9. The largest absolute Gasteiger partial charge is 0.490 e. The van der Waals surface area contributed by atoms with Gasteiger partial charge < -0.3 is 15.0 Å². The first-order valence-corrected chi connectivity index (χ1v) is 12.4. The molecule has 5 rings (SSSR count). The molecule has 4 heterocycles. The number of carboxylic acids is 1. The normalized spacial score (nSPS) is 14.4. The standard InChI is InChI=1S/C25H27N5O.C2HF3O2/c31-25(27-20-9-3-1-2-4-10-20)23-22-12-6-8-15-30(22)24(28-23)19-13-16-29(17-19)18-21-11-5-7-14-26-21;3-2(4,5)1(6)7/h5-8,11-17,20H,1-4,9-10,18H2,(H,27,31);(H,6,7). The SMILES string of the molecule is O=C(NC1CCCCCC1)c1nc(-c2ccn(Cc3ccccn3)c2)n2ccccc12.O=C(O)C(F)(F)F. The van der Waals surface area contributed by atoms with Crippen molar-refractivity contribution in [3.8, 4) is 11.4 Å². The van der Waals surface area contributed by atoms with Crippen LogP contribution in [-0.4, -0.2) is 48.1 Å². The summed E-state index contributed by atoms with van der Waals surface area (Å²) >= 11 is 0. The smallest absolute Gasteiger partial charge is 0.475 e. The van der Waals surface area contributed by atoms with E-state index in [2.05, 4.69) is 21.1 Å². The molecule has 0 unspecified atom stereocenters. The van der Waals surface area contributed by atoms with E-state index in [4.69, 9.17) is 14.9 Å². The number of aromatic nitrogens is 4. The van der Waals surface area contributed by atoms with Crippen LogP contribution in [0, 0.1) is 0 Å². The van der Waals surface area contributed by atoms with Crippen LogP contribution in [0.3, 0.4) is 0 Å². The number of alkyl halides is 3. The molecular weight excluding hydrogens is 499 g/mol. The van der Waals surface area contributed by atoms with E-state index >= 15 is 0 Å². The minimum atomic E-state index is -5.08. The Morgan fingerprint density at radius 1 is 1.00 bits per heavy atom. The van der Waals surface area contributed by atoms with Crippen molar-refractivity contribution in [2.75, 3.05) is 0 Å². The molecule has 0 aliphatic heterocycles. The van der Waals surface area contributed by atoms with Crippen LogP contribution in [0.5, 0.6) is 0 Å². The van der Waals surface area contributed by atoms with Gasteiger partial charge in [0.1, 0.15) is 5.82 Å². The van der Waals surface area contributed by atoms with Gasteiger partial charge in [-0.15, -0.1) is 0 Å². The molecule has 1 fully saturated rings. The minimum absolute atomic E-state index is 0.0743. The number of nitrogens with zero attached hydrogens (tertiary/aromatic N) is 4. The molecule has 0 atom stereocenters. The number of rotatable bonds is 5. The Kier molecular flexibility index (Phi) is 8.45. The molecular formula is C27H28F3N5O3. The molecule has 38 heavy (non-hydrogen) atoms. The van der Waals surface area contributed by atoms with Gasteiger partial charge >= 0.3 is 12.1 Å². The van der Waals surface area contributed by atoms with Crippen LogP contribution < -0.4 is 5.32 Å². The summed E-state index contributed by atoms with van der Waals surface area (Å²) in [7, 11) is 0. The lowest BCUT2D eigenvalue weighted by molar-refractivity contribution is -0.192. The van der Waals surface area contributed by atoms with Gasteiger partial charge in [0, 0.05) is 36.4 Å². The Hall–Kier alpha value is -4.15. The van der Waals surface area contributed by atoms with Crippen molar-refractivity contribution in [2.24, 2.45) is 0 Å². The van der Waals surface area contributed by atoms with Crippen molar-refractivity contribution in [2.45, 2.75) is 57.3 Å². The molecule has 11 heteroatoms. The summed E-state index contributed by atoms with van der Waals surface area (Å²) in [6.45, 7) is 0.694. The van der Waals surface area contributed by atoms with Gasteiger partial charge in [0.25, 0.3) is 5.91 Å². The maximum Gasteiger partial charge on any atom is 0.490 e. The number of aliphatic carboxylic acids is 1. The number of fused-ring (bicyclic) bond motifs is 1. The van der Waals surface area contributed by atoms with Crippen molar-refractivity contribution in [3.63, 3.8) is 0 Å². The number of halogens is 3. The van der Waals surface area contributed by atoms with Crippen LogP contribution in [0.25, 0.3) is 16.9 Å². The van der Waals surface area contributed by atoms with Gasteiger partial charge in [-0.1, -0.05) is 37.8 Å². The van der Waals surface area contributed by atoms with Crippen LogP contribution in [-0.2, 0) is 11.3 Å². The van der Waals surface area contributed by atoms with Crippen molar-refractivity contribution in [1.29, 1.82) is 0 Å². The second-order valence-corrected chi connectivity index (χ2v) is 9.10. The summed E-state index contributed by atoms with van der Waals surface area (Å²) < 4.78 is 35.8. The Labute approximate surface area is 217 Å². The number of imidazole rings is 1. The van der Waals surface area contributed by atoms with Gasteiger partial charge in [0.2, 0.25) is 0 Å². The van der Waals surface area contributed by atoms with Crippen LogP contribution in [0.15, 0.2) is 67.3 Å². The molecule has 200 valence electrons. The van der Waals surface area contributed by atoms with Gasteiger partial charge in [-0.2, -0.15) is 13.2 Å². The molecule has 1 saturated carbocycles. The van der Waals surface area contributed by atoms with E-state index in [-0.39, 0.29) is 11.9 Å². The molecule has 4 aromatic heterocycles. The molecule has 8 nitrogen and oxygen atoms in total. The first-order chi connectivity index (χ1) is 18.2. The van der Waals surface area contributed by atoms with Gasteiger partial charge in [-0.25, -0.2) is 9.78 Å². The molecule has 1 amide bonds. The summed E-state index contributed by atoms with van der Waals surface area (Å²) in [5.74, 6) is -2.05. The highest BCUT2D eigenvalue weighted by Gasteiger charge is 2.38. The lowest BCUT2D eigenvalue weighted by atomic mass is 10.1. The van der Waals surface area contributed by atoms with E-state index in [0.29, 0.717) is 12.2 Å². The lowest BCUT2D eigenvalue weighted by Gasteiger charge is -2.15. The van der Waals surface area contributed by atoms with E-state index < -0.39 is 12.1 Å². The third-order valence-corrected chi connectivity index (χ3v) is 6.28. The fourth-order valence-corrected chi connectivity index (χ4v) is 4.44. The quantitative estimate of drug-likeness (QED) is 0.342. The number of amides is 1. The van der Waals surface area contributed by atoms with Crippen molar-refractivity contribution < 1.29 is 27.9 Å². The second-order valence-electron chi connectivity index (χ2n) is 9.10. The summed E-state index contributed by atoms with van der Waals surface area (Å²) in [4.78, 5) is 31.2. The highest BCUT2D eigenvalue weighted by molar-refractivity contribution is 6.00. The maximum atomic E-state index is 13.1. The van der Waals surface area contributed by atoms with Crippen LogP contribution in [0.2, 0.25) is 0 Å². The Morgan fingerprint density at radius 2 is 1.71 bits per heavy atom. The molecule has 0 aromatic carbocycles. The molecule has 0 bridgehead atoms. The molecule has 0 radical (unpaired) electrons. The molecule has 1 aliphatic carbocycles. The maximum absolute atomic E-state index is 13.1. The first-order valence-electron chi connectivity index (χ1n) is 12.4. The van der Waals surface area contributed by atoms with E-state index in [1.807, 2.05) is 59.3 Å². The third-order valence-electron chi connectivity index (χ3n) is 6.28. The number of nitrogens with one attached hydrogen (secondary N) is 1. The summed E-state index contributed by atoms with van der Waals surface area (Å²) in [6, 6.07) is 14.1. The lowest BCUT2D eigenvalue weighted by Crippen LogP contribution is -2.34. The number of carboxylic acid groups (broad SMARTS) is 1. The average Bonchev–Trinajstić information content (AvgIpc) is 3.42. The zero-order valence-electron chi connectivity index (χ0n) is 20.6. The predicted octanol–water partition coefficient (Wildman–Crippen LogP) is 5.33. The van der Waals surface area contributed by atoms with Crippen LogP contribution in [0.1, 0.15) is 54.7 Å². The highest BCUT2D eigenvalue weighted by atomic mass is 19.4. The molecule has 1 aliphatic rings. The fourth-order valence-electron chi connectivity index (χ4n) is 4.44. The van der Waals surface area contributed by atoms with E-state index in [9.17, 15) is 18.0 Å². The minimum Gasteiger partial charge on any atom is -0.475 e. The fraction of sp³-hybridized carbons (Fsp3) is 0.333. The van der Waals surface area contributed by atoms with E-state index in [1.54, 1.807) is 6.20 Å². The zero-order valence-corrected chi connectivity index (χ0v) is 20.6. The Bertz CT molecular complexity index is 1370.